The second-order valence-corrected chi connectivity index (χ2v) is 4.13. The number of ether oxygens (including phenoxy) is 1. The van der Waals surface area contributed by atoms with Crippen molar-refractivity contribution in [2.75, 3.05) is 24.8 Å². The number of anilines is 2. The first-order valence-electron chi connectivity index (χ1n) is 6.19. The van der Waals surface area contributed by atoms with Crippen LogP contribution in [0.1, 0.15) is 5.56 Å². The van der Waals surface area contributed by atoms with E-state index in [1.165, 1.54) is 6.33 Å². The van der Waals surface area contributed by atoms with Crippen LogP contribution >= 0.6 is 0 Å². The maximum absolute atomic E-state index is 11.1. The van der Waals surface area contributed by atoms with Crippen molar-refractivity contribution in [3.8, 4) is 5.75 Å². The van der Waals surface area contributed by atoms with Gasteiger partial charge in [0.2, 0.25) is 11.6 Å². The SMILES string of the molecule is CNc1ncnc(NCc2ccc(OC)cc2)c1[N+](=O)[O-]. The Kier molecular flexibility index (Phi) is 4.50. The molecule has 1 aromatic carbocycles. The first-order chi connectivity index (χ1) is 10.2. The van der Waals surface area contributed by atoms with Gasteiger partial charge in [0.15, 0.2) is 0 Å². The van der Waals surface area contributed by atoms with E-state index in [9.17, 15) is 10.1 Å². The molecule has 1 aromatic heterocycles. The van der Waals surface area contributed by atoms with Gasteiger partial charge in [0.05, 0.1) is 12.0 Å². The number of rotatable bonds is 6. The topological polar surface area (TPSA) is 102 Å². The van der Waals surface area contributed by atoms with Gasteiger partial charge in [0, 0.05) is 13.6 Å². The van der Waals surface area contributed by atoms with Crippen molar-refractivity contribution in [2.24, 2.45) is 0 Å². The molecule has 0 atom stereocenters. The zero-order chi connectivity index (χ0) is 15.2. The molecule has 1 heterocycles. The van der Waals surface area contributed by atoms with Crippen LogP contribution in [0.3, 0.4) is 0 Å². The second-order valence-electron chi connectivity index (χ2n) is 4.13. The largest absolute Gasteiger partial charge is 0.497 e. The Bertz CT molecular complexity index is 630. The Morgan fingerprint density at radius 1 is 1.24 bits per heavy atom. The van der Waals surface area contributed by atoms with Crippen LogP contribution in [-0.4, -0.2) is 29.0 Å². The summed E-state index contributed by atoms with van der Waals surface area (Å²) < 4.78 is 5.07. The van der Waals surface area contributed by atoms with Crippen LogP contribution in [0, 0.1) is 10.1 Å². The van der Waals surface area contributed by atoms with Crippen LogP contribution in [0.2, 0.25) is 0 Å². The van der Waals surface area contributed by atoms with Crippen LogP contribution < -0.4 is 15.4 Å². The summed E-state index contributed by atoms with van der Waals surface area (Å²) in [5.74, 6) is 1.10. The molecule has 0 unspecified atom stereocenters. The third kappa shape index (κ3) is 3.35. The molecule has 21 heavy (non-hydrogen) atoms. The summed E-state index contributed by atoms with van der Waals surface area (Å²) in [7, 11) is 3.17. The molecular weight excluding hydrogens is 274 g/mol. The molecule has 0 aliphatic carbocycles. The highest BCUT2D eigenvalue weighted by atomic mass is 16.6. The van der Waals surface area contributed by atoms with E-state index in [4.69, 9.17) is 4.74 Å². The van der Waals surface area contributed by atoms with Crippen molar-refractivity contribution in [2.45, 2.75) is 6.54 Å². The highest BCUT2D eigenvalue weighted by Crippen LogP contribution is 2.28. The Balaban J connectivity index is 2.17. The van der Waals surface area contributed by atoms with E-state index >= 15 is 0 Å². The summed E-state index contributed by atoms with van der Waals surface area (Å²) in [6.45, 7) is 0.408. The zero-order valence-electron chi connectivity index (χ0n) is 11.7. The van der Waals surface area contributed by atoms with Gasteiger partial charge in [-0.2, -0.15) is 0 Å². The lowest BCUT2D eigenvalue weighted by molar-refractivity contribution is -0.383. The number of nitro groups is 1. The fourth-order valence-electron chi connectivity index (χ4n) is 1.79. The van der Waals surface area contributed by atoms with Gasteiger partial charge >= 0.3 is 5.69 Å². The first-order valence-corrected chi connectivity index (χ1v) is 6.19. The summed E-state index contributed by atoms with van der Waals surface area (Å²) in [4.78, 5) is 18.4. The lowest BCUT2D eigenvalue weighted by atomic mass is 10.2. The summed E-state index contributed by atoms with van der Waals surface area (Å²) in [5.41, 5.74) is 0.781. The Hall–Kier alpha value is -2.90. The van der Waals surface area contributed by atoms with Gasteiger partial charge in [-0.3, -0.25) is 10.1 Å². The standard InChI is InChI=1S/C13H15N5O3/c1-14-12-11(18(19)20)13(17-8-16-12)15-7-9-3-5-10(21-2)6-4-9/h3-6,8H,7H2,1-2H3,(H2,14,15,16,17). The van der Waals surface area contributed by atoms with E-state index in [1.807, 2.05) is 24.3 Å². The zero-order valence-corrected chi connectivity index (χ0v) is 11.7. The normalized spacial score (nSPS) is 10.0. The molecule has 2 aromatic rings. The van der Waals surface area contributed by atoms with Crippen molar-refractivity contribution < 1.29 is 9.66 Å². The number of aromatic nitrogens is 2. The molecule has 0 saturated carbocycles. The number of hydrogen-bond donors (Lipinski definition) is 2. The molecule has 0 amide bonds. The molecule has 2 rings (SSSR count). The van der Waals surface area contributed by atoms with Crippen molar-refractivity contribution in [3.63, 3.8) is 0 Å². The molecule has 0 aliphatic rings. The van der Waals surface area contributed by atoms with E-state index in [0.717, 1.165) is 11.3 Å². The van der Waals surface area contributed by atoms with Crippen molar-refractivity contribution in [1.82, 2.24) is 9.97 Å². The molecule has 110 valence electrons. The molecule has 0 saturated heterocycles. The van der Waals surface area contributed by atoms with Crippen LogP contribution in [0.5, 0.6) is 5.75 Å². The number of benzene rings is 1. The lowest BCUT2D eigenvalue weighted by Crippen LogP contribution is -2.08. The van der Waals surface area contributed by atoms with Crippen molar-refractivity contribution in [1.29, 1.82) is 0 Å². The number of methoxy groups -OCH3 is 1. The van der Waals surface area contributed by atoms with Crippen LogP contribution in [0.15, 0.2) is 30.6 Å². The third-order valence-corrected chi connectivity index (χ3v) is 2.86. The predicted molar refractivity (Wildman–Crippen MR) is 78.6 cm³/mol. The summed E-state index contributed by atoms with van der Waals surface area (Å²) >= 11 is 0. The molecule has 2 N–H and O–H groups in total. The van der Waals surface area contributed by atoms with E-state index in [0.29, 0.717) is 6.54 Å². The van der Waals surface area contributed by atoms with Gasteiger partial charge in [0.25, 0.3) is 0 Å². The Labute approximate surface area is 121 Å². The maximum atomic E-state index is 11.1. The smallest absolute Gasteiger partial charge is 0.353 e. The van der Waals surface area contributed by atoms with Gasteiger partial charge in [0.1, 0.15) is 12.1 Å². The number of nitrogens with zero attached hydrogens (tertiary/aromatic N) is 3. The quantitative estimate of drug-likeness (QED) is 0.619. The fraction of sp³-hybridized carbons (Fsp3) is 0.231. The fourth-order valence-corrected chi connectivity index (χ4v) is 1.79. The van der Waals surface area contributed by atoms with E-state index in [2.05, 4.69) is 20.6 Å². The minimum Gasteiger partial charge on any atom is -0.497 e. The molecule has 8 nitrogen and oxygen atoms in total. The van der Waals surface area contributed by atoms with Gasteiger partial charge in [-0.1, -0.05) is 12.1 Å². The Morgan fingerprint density at radius 3 is 2.48 bits per heavy atom. The number of nitrogens with one attached hydrogen (secondary N) is 2. The van der Waals surface area contributed by atoms with Gasteiger partial charge in [-0.15, -0.1) is 0 Å². The van der Waals surface area contributed by atoms with E-state index < -0.39 is 4.92 Å². The summed E-state index contributed by atoms with van der Waals surface area (Å²) in [6, 6.07) is 7.39. The second kappa shape index (κ2) is 6.51. The lowest BCUT2D eigenvalue weighted by Gasteiger charge is -2.08. The van der Waals surface area contributed by atoms with Crippen LogP contribution in [0.4, 0.5) is 17.3 Å². The van der Waals surface area contributed by atoms with Crippen LogP contribution in [-0.2, 0) is 6.54 Å². The minimum absolute atomic E-state index is 0.173. The van der Waals surface area contributed by atoms with Crippen LogP contribution in [0.25, 0.3) is 0 Å². The molecule has 0 spiro atoms. The first kappa shape index (κ1) is 14.5. The highest BCUT2D eigenvalue weighted by molar-refractivity contribution is 5.69. The molecule has 0 aliphatic heterocycles. The third-order valence-electron chi connectivity index (χ3n) is 2.86. The molecule has 8 heteroatoms. The monoisotopic (exact) mass is 289 g/mol. The Morgan fingerprint density at radius 2 is 1.90 bits per heavy atom. The van der Waals surface area contributed by atoms with Gasteiger partial charge in [-0.05, 0) is 17.7 Å². The average molecular weight is 289 g/mol. The predicted octanol–water partition coefficient (Wildman–Crippen LogP) is 2.05. The van der Waals surface area contributed by atoms with E-state index in [-0.39, 0.29) is 17.3 Å². The number of hydrogen-bond acceptors (Lipinski definition) is 7. The maximum Gasteiger partial charge on any atom is 0.353 e. The van der Waals surface area contributed by atoms with E-state index in [1.54, 1.807) is 14.2 Å². The molecule has 0 bridgehead atoms. The van der Waals surface area contributed by atoms with Crippen molar-refractivity contribution in [3.05, 3.63) is 46.3 Å². The summed E-state index contributed by atoms with van der Waals surface area (Å²) in [5, 5.41) is 16.8. The molecule has 0 fully saturated rings. The molecular formula is C13H15N5O3. The van der Waals surface area contributed by atoms with Crippen molar-refractivity contribution >= 4 is 17.3 Å². The minimum atomic E-state index is -0.512. The molecule has 0 radical (unpaired) electrons. The average Bonchev–Trinajstić information content (AvgIpc) is 2.52. The highest BCUT2D eigenvalue weighted by Gasteiger charge is 2.21. The summed E-state index contributed by atoms with van der Waals surface area (Å²) in [6.07, 6.45) is 1.27. The van der Waals surface area contributed by atoms with Gasteiger partial charge in [-0.25, -0.2) is 9.97 Å². The van der Waals surface area contributed by atoms with Gasteiger partial charge < -0.3 is 15.4 Å².